The van der Waals surface area contributed by atoms with Crippen LogP contribution in [-0.4, -0.2) is 16.9 Å². The van der Waals surface area contributed by atoms with Gasteiger partial charge in [0.2, 0.25) is 0 Å². The molecule has 1 aromatic heterocycles. The largest absolute Gasteiger partial charge is 0.457 e. The number of rotatable bonds is 4. The minimum absolute atomic E-state index is 0.000651. The highest BCUT2D eigenvalue weighted by Crippen LogP contribution is 2.34. The predicted octanol–water partition coefficient (Wildman–Crippen LogP) is 7.33. The van der Waals surface area contributed by atoms with Crippen LogP contribution in [0.3, 0.4) is 0 Å². The van der Waals surface area contributed by atoms with Gasteiger partial charge in [-0.2, -0.15) is 13.2 Å². The highest BCUT2D eigenvalue weighted by atomic mass is 32.1. The summed E-state index contributed by atoms with van der Waals surface area (Å²) in [4.78, 5) is 29.9. The van der Waals surface area contributed by atoms with Crippen molar-refractivity contribution in [2.24, 2.45) is 0 Å². The zero-order chi connectivity index (χ0) is 27.9. The van der Waals surface area contributed by atoms with E-state index in [9.17, 15) is 22.8 Å². The molecule has 196 valence electrons. The number of halogens is 3. The summed E-state index contributed by atoms with van der Waals surface area (Å²) >= 11 is 5.64. The Bertz CT molecular complexity index is 1640. The summed E-state index contributed by atoms with van der Waals surface area (Å²) in [5.41, 5.74) is 2.12. The molecule has 0 aliphatic carbocycles. The van der Waals surface area contributed by atoms with Crippen molar-refractivity contribution >= 4 is 46.6 Å². The SMILES string of the molecule is Cc1ccc(N2C(=O)C(=Cc3ccc(-c4cccc(C(F)(F)F)c4)o3)C(=O)N(c3ccccc3)C2=S)cc1C. The molecule has 0 unspecified atom stereocenters. The number of thiocarbonyl (C=S) groups is 1. The molecule has 0 saturated carbocycles. The average molecular weight is 547 g/mol. The van der Waals surface area contributed by atoms with Gasteiger partial charge in [0.1, 0.15) is 17.1 Å². The third kappa shape index (κ3) is 5.00. The molecule has 4 aromatic rings. The number of aryl methyl sites for hydroxylation is 2. The molecule has 9 heteroatoms. The molecule has 3 aromatic carbocycles. The number of alkyl halides is 3. The smallest absolute Gasteiger partial charge is 0.416 e. The van der Waals surface area contributed by atoms with Crippen molar-refractivity contribution in [2.75, 3.05) is 9.80 Å². The summed E-state index contributed by atoms with van der Waals surface area (Å²) in [5, 5.41) is 0.000651. The molecule has 0 radical (unpaired) electrons. The number of furan rings is 1. The molecule has 1 aliphatic rings. The first-order chi connectivity index (χ1) is 18.5. The highest BCUT2D eigenvalue weighted by molar-refractivity contribution is 7.81. The number of nitrogens with zero attached hydrogens (tertiary/aromatic N) is 2. The molecule has 1 saturated heterocycles. The monoisotopic (exact) mass is 546 g/mol. The molecule has 1 fully saturated rings. The van der Waals surface area contributed by atoms with Crippen LogP contribution >= 0.6 is 12.2 Å². The number of amides is 2. The molecule has 5 rings (SSSR count). The molecule has 39 heavy (non-hydrogen) atoms. The van der Waals surface area contributed by atoms with Crippen LogP contribution in [0.5, 0.6) is 0 Å². The summed E-state index contributed by atoms with van der Waals surface area (Å²) in [6.45, 7) is 3.85. The summed E-state index contributed by atoms with van der Waals surface area (Å²) < 4.78 is 45.3. The van der Waals surface area contributed by atoms with E-state index < -0.39 is 23.6 Å². The second-order valence-electron chi connectivity index (χ2n) is 9.01. The number of para-hydroxylation sites is 1. The van der Waals surface area contributed by atoms with E-state index in [1.807, 2.05) is 26.0 Å². The van der Waals surface area contributed by atoms with Crippen molar-refractivity contribution in [3.8, 4) is 11.3 Å². The maximum absolute atomic E-state index is 13.7. The Morgan fingerprint density at radius 1 is 0.769 bits per heavy atom. The van der Waals surface area contributed by atoms with Crippen molar-refractivity contribution in [2.45, 2.75) is 20.0 Å². The van der Waals surface area contributed by atoms with Crippen LogP contribution in [0.1, 0.15) is 22.5 Å². The van der Waals surface area contributed by atoms with Crippen molar-refractivity contribution in [1.82, 2.24) is 0 Å². The van der Waals surface area contributed by atoms with Crippen molar-refractivity contribution in [3.63, 3.8) is 0 Å². The lowest BCUT2D eigenvalue weighted by atomic mass is 10.1. The van der Waals surface area contributed by atoms with Crippen LogP contribution in [0, 0.1) is 13.8 Å². The number of hydrogen-bond donors (Lipinski definition) is 0. The van der Waals surface area contributed by atoms with E-state index in [4.69, 9.17) is 16.6 Å². The Morgan fingerprint density at radius 3 is 2.13 bits per heavy atom. The Labute approximate surface area is 227 Å². The number of benzene rings is 3. The summed E-state index contributed by atoms with van der Waals surface area (Å²) in [5.74, 6) is -1.00. The maximum atomic E-state index is 13.7. The Kier molecular flexibility index (Phi) is 6.69. The molecular formula is C30H21F3N2O3S. The molecule has 1 aliphatic heterocycles. The lowest BCUT2D eigenvalue weighted by molar-refractivity contribution is -0.137. The van der Waals surface area contributed by atoms with Gasteiger partial charge in [0.05, 0.1) is 16.9 Å². The van der Waals surface area contributed by atoms with E-state index >= 15 is 0 Å². The van der Waals surface area contributed by atoms with Gasteiger partial charge >= 0.3 is 6.18 Å². The molecule has 0 bridgehead atoms. The molecule has 2 heterocycles. The zero-order valence-corrected chi connectivity index (χ0v) is 21.6. The van der Waals surface area contributed by atoms with Crippen LogP contribution < -0.4 is 9.80 Å². The molecule has 2 amide bonds. The van der Waals surface area contributed by atoms with Gasteiger partial charge in [-0.15, -0.1) is 0 Å². The van der Waals surface area contributed by atoms with Gasteiger partial charge in [-0.25, -0.2) is 0 Å². The van der Waals surface area contributed by atoms with Gasteiger partial charge in [0, 0.05) is 5.56 Å². The second kappa shape index (κ2) is 9.99. The summed E-state index contributed by atoms with van der Waals surface area (Å²) in [6, 6.07) is 21.8. The first-order valence-electron chi connectivity index (χ1n) is 11.9. The lowest BCUT2D eigenvalue weighted by Gasteiger charge is -2.36. The number of hydrogen-bond acceptors (Lipinski definition) is 4. The van der Waals surface area contributed by atoms with Gasteiger partial charge in [-0.1, -0.05) is 36.4 Å². The Hall–Kier alpha value is -4.50. The minimum atomic E-state index is -4.51. The fraction of sp³-hybridized carbons (Fsp3) is 0.100. The zero-order valence-electron chi connectivity index (χ0n) is 20.8. The van der Waals surface area contributed by atoms with Crippen molar-refractivity contribution < 1.29 is 27.2 Å². The Morgan fingerprint density at radius 2 is 1.46 bits per heavy atom. The van der Waals surface area contributed by atoms with Gasteiger partial charge in [-0.3, -0.25) is 19.4 Å². The fourth-order valence-electron chi connectivity index (χ4n) is 4.20. The van der Waals surface area contributed by atoms with Crippen LogP contribution in [0.2, 0.25) is 0 Å². The number of carbonyl (C=O) groups is 2. The molecule has 0 N–H and O–H groups in total. The van der Waals surface area contributed by atoms with E-state index in [-0.39, 0.29) is 27.8 Å². The van der Waals surface area contributed by atoms with E-state index in [1.54, 1.807) is 36.4 Å². The highest BCUT2D eigenvalue weighted by Gasteiger charge is 2.41. The van der Waals surface area contributed by atoms with Gasteiger partial charge in [0.25, 0.3) is 11.8 Å². The fourth-order valence-corrected chi connectivity index (χ4v) is 4.58. The predicted molar refractivity (Wildman–Crippen MR) is 147 cm³/mol. The minimum Gasteiger partial charge on any atom is -0.457 e. The van der Waals surface area contributed by atoms with Crippen LogP contribution in [-0.2, 0) is 15.8 Å². The third-order valence-electron chi connectivity index (χ3n) is 6.40. The number of carbonyl (C=O) groups excluding carboxylic acids is 2. The molecule has 0 atom stereocenters. The van der Waals surface area contributed by atoms with Crippen LogP contribution in [0.15, 0.2) is 94.9 Å². The Balaban J connectivity index is 1.58. The standard InChI is InChI=1S/C30H21F3N2O3S/c1-18-11-12-23(15-19(18)2)35-28(37)25(27(36)34(29(35)39)22-9-4-3-5-10-22)17-24-13-14-26(38-24)20-7-6-8-21(16-20)30(31,32)33/h3-17H,1-2H3. The molecular weight excluding hydrogens is 525 g/mol. The first-order valence-corrected chi connectivity index (χ1v) is 12.3. The second-order valence-corrected chi connectivity index (χ2v) is 9.37. The van der Waals surface area contributed by atoms with Crippen molar-refractivity contribution in [3.05, 3.63) is 113 Å². The number of anilines is 2. The van der Waals surface area contributed by atoms with Crippen molar-refractivity contribution in [1.29, 1.82) is 0 Å². The lowest BCUT2D eigenvalue weighted by Crippen LogP contribution is -2.57. The normalized spacial score (nSPS) is 15.4. The maximum Gasteiger partial charge on any atom is 0.416 e. The molecule has 0 spiro atoms. The summed E-state index contributed by atoms with van der Waals surface area (Å²) in [7, 11) is 0. The van der Waals surface area contributed by atoms with Crippen LogP contribution in [0.25, 0.3) is 17.4 Å². The summed E-state index contributed by atoms with van der Waals surface area (Å²) in [6.07, 6.45) is -3.22. The van der Waals surface area contributed by atoms with Crippen LogP contribution in [0.4, 0.5) is 24.5 Å². The van der Waals surface area contributed by atoms with Gasteiger partial charge < -0.3 is 4.42 Å². The van der Waals surface area contributed by atoms with E-state index in [2.05, 4.69) is 0 Å². The quantitative estimate of drug-likeness (QED) is 0.153. The molecule has 5 nitrogen and oxygen atoms in total. The third-order valence-corrected chi connectivity index (χ3v) is 6.77. The van der Waals surface area contributed by atoms with E-state index in [0.29, 0.717) is 11.4 Å². The topological polar surface area (TPSA) is 53.8 Å². The van der Waals surface area contributed by atoms with Gasteiger partial charge in [-0.05, 0) is 91.8 Å². The van der Waals surface area contributed by atoms with E-state index in [0.717, 1.165) is 23.3 Å². The van der Waals surface area contributed by atoms with E-state index in [1.165, 1.54) is 40.1 Å². The van der Waals surface area contributed by atoms with Gasteiger partial charge in [0.15, 0.2) is 5.11 Å². The first kappa shape index (κ1) is 26.1. The average Bonchev–Trinajstić information content (AvgIpc) is 3.38.